The third-order valence-electron chi connectivity index (χ3n) is 3.39. The Bertz CT molecular complexity index is 543. The van der Waals surface area contributed by atoms with Gasteiger partial charge in [0.2, 0.25) is 0 Å². The molecule has 0 unspecified atom stereocenters. The van der Waals surface area contributed by atoms with Crippen LogP contribution < -0.4 is 4.74 Å². The van der Waals surface area contributed by atoms with Crippen LogP contribution in [0, 0.1) is 0 Å². The van der Waals surface area contributed by atoms with Crippen molar-refractivity contribution in [3.05, 3.63) is 29.8 Å². The molecular weight excluding hydrogens is 338 g/mol. The number of carbonyl (C=O) groups is 2. The number of rotatable bonds is 12. The Labute approximate surface area is 154 Å². The van der Waals surface area contributed by atoms with E-state index in [-0.39, 0.29) is 50.8 Å². The zero-order chi connectivity index (χ0) is 19.4. The minimum absolute atomic E-state index is 0.0568. The summed E-state index contributed by atoms with van der Waals surface area (Å²) in [5.41, 5.74) is 0.507. The highest BCUT2D eigenvalue weighted by atomic mass is 16.5. The third-order valence-corrected chi connectivity index (χ3v) is 3.39. The van der Waals surface area contributed by atoms with Crippen molar-refractivity contribution in [3.8, 4) is 5.75 Å². The maximum Gasteiger partial charge on any atom is 0.307 e. The SMILES string of the molecule is CCOC(=O)CCN(CCOCCO)C(=O)c1ccc(OC(C)C)cc1. The van der Waals surface area contributed by atoms with Crippen LogP contribution in [0.5, 0.6) is 5.75 Å². The second-order valence-electron chi connectivity index (χ2n) is 5.87. The number of hydrogen-bond acceptors (Lipinski definition) is 6. The lowest BCUT2D eigenvalue weighted by molar-refractivity contribution is -0.143. The number of amides is 1. The van der Waals surface area contributed by atoms with Crippen molar-refractivity contribution >= 4 is 11.9 Å². The van der Waals surface area contributed by atoms with Crippen molar-refractivity contribution in [2.45, 2.75) is 33.3 Å². The van der Waals surface area contributed by atoms with Crippen molar-refractivity contribution in [3.63, 3.8) is 0 Å². The Morgan fingerprint density at radius 1 is 1.12 bits per heavy atom. The molecule has 0 saturated heterocycles. The molecule has 1 aromatic carbocycles. The lowest BCUT2D eigenvalue weighted by Gasteiger charge is -2.22. The molecule has 146 valence electrons. The van der Waals surface area contributed by atoms with E-state index in [0.717, 1.165) is 0 Å². The van der Waals surface area contributed by atoms with Gasteiger partial charge in [-0.25, -0.2) is 0 Å². The van der Waals surface area contributed by atoms with Gasteiger partial charge in [-0.2, -0.15) is 0 Å². The molecule has 0 saturated carbocycles. The average molecular weight is 367 g/mol. The topological polar surface area (TPSA) is 85.3 Å². The lowest BCUT2D eigenvalue weighted by Crippen LogP contribution is -2.36. The van der Waals surface area contributed by atoms with E-state index in [4.69, 9.17) is 19.3 Å². The smallest absolute Gasteiger partial charge is 0.307 e. The summed E-state index contributed by atoms with van der Waals surface area (Å²) in [6.07, 6.45) is 0.176. The van der Waals surface area contributed by atoms with E-state index >= 15 is 0 Å². The van der Waals surface area contributed by atoms with Crippen molar-refractivity contribution in [1.82, 2.24) is 4.90 Å². The highest BCUT2D eigenvalue weighted by Gasteiger charge is 2.17. The predicted molar refractivity (Wildman–Crippen MR) is 97.3 cm³/mol. The van der Waals surface area contributed by atoms with Gasteiger partial charge in [0.05, 0.1) is 39.0 Å². The maximum atomic E-state index is 12.7. The van der Waals surface area contributed by atoms with Crippen LogP contribution in [0.25, 0.3) is 0 Å². The Morgan fingerprint density at radius 3 is 2.38 bits per heavy atom. The van der Waals surface area contributed by atoms with E-state index in [9.17, 15) is 9.59 Å². The molecule has 0 aliphatic heterocycles. The number of carbonyl (C=O) groups excluding carboxylic acids is 2. The van der Waals surface area contributed by atoms with Gasteiger partial charge in [-0.15, -0.1) is 0 Å². The molecule has 0 bridgehead atoms. The van der Waals surface area contributed by atoms with Gasteiger partial charge in [-0.3, -0.25) is 9.59 Å². The lowest BCUT2D eigenvalue weighted by atomic mass is 10.2. The third kappa shape index (κ3) is 8.31. The van der Waals surface area contributed by atoms with Crippen LogP contribution in [0.2, 0.25) is 0 Å². The van der Waals surface area contributed by atoms with Gasteiger partial charge in [0.15, 0.2) is 0 Å². The molecule has 0 aromatic heterocycles. The Morgan fingerprint density at radius 2 is 1.81 bits per heavy atom. The molecule has 1 amide bonds. The van der Waals surface area contributed by atoms with Crippen LogP contribution >= 0.6 is 0 Å². The first-order chi connectivity index (χ1) is 12.5. The summed E-state index contributed by atoms with van der Waals surface area (Å²) in [4.78, 5) is 25.9. The molecular formula is C19H29NO6. The van der Waals surface area contributed by atoms with E-state index in [1.54, 1.807) is 36.1 Å². The van der Waals surface area contributed by atoms with Gasteiger partial charge in [0.25, 0.3) is 5.91 Å². The monoisotopic (exact) mass is 367 g/mol. The Hall–Kier alpha value is -2.12. The van der Waals surface area contributed by atoms with Gasteiger partial charge < -0.3 is 24.2 Å². The van der Waals surface area contributed by atoms with Crippen LogP contribution in [0.15, 0.2) is 24.3 Å². The molecule has 0 atom stereocenters. The first-order valence-corrected chi connectivity index (χ1v) is 8.88. The number of aliphatic hydroxyl groups is 1. The summed E-state index contributed by atoms with van der Waals surface area (Å²) in [7, 11) is 0. The minimum Gasteiger partial charge on any atom is -0.491 e. The molecule has 1 N–H and O–H groups in total. The fourth-order valence-corrected chi connectivity index (χ4v) is 2.25. The van der Waals surface area contributed by atoms with E-state index in [1.165, 1.54) is 0 Å². The fraction of sp³-hybridized carbons (Fsp3) is 0.579. The van der Waals surface area contributed by atoms with Crippen LogP contribution in [0.4, 0.5) is 0 Å². The molecule has 7 heteroatoms. The summed E-state index contributed by atoms with van der Waals surface area (Å²) >= 11 is 0. The molecule has 1 aromatic rings. The first kappa shape index (κ1) is 21.9. The zero-order valence-corrected chi connectivity index (χ0v) is 15.8. The van der Waals surface area contributed by atoms with E-state index < -0.39 is 0 Å². The van der Waals surface area contributed by atoms with E-state index in [2.05, 4.69) is 0 Å². The number of nitrogens with zero attached hydrogens (tertiary/aromatic N) is 1. The van der Waals surface area contributed by atoms with Gasteiger partial charge >= 0.3 is 5.97 Å². The summed E-state index contributed by atoms with van der Waals surface area (Å²) in [5.74, 6) is 0.154. The summed E-state index contributed by atoms with van der Waals surface area (Å²) in [6.45, 7) is 6.89. The zero-order valence-electron chi connectivity index (χ0n) is 15.8. The molecule has 0 spiro atoms. The van der Waals surface area contributed by atoms with E-state index in [0.29, 0.717) is 24.5 Å². The second-order valence-corrected chi connectivity index (χ2v) is 5.87. The molecule has 0 heterocycles. The largest absolute Gasteiger partial charge is 0.491 e. The highest BCUT2D eigenvalue weighted by Crippen LogP contribution is 2.15. The van der Waals surface area contributed by atoms with Crippen LogP contribution in [0.3, 0.4) is 0 Å². The first-order valence-electron chi connectivity index (χ1n) is 8.88. The van der Waals surface area contributed by atoms with Gasteiger partial charge in [-0.05, 0) is 45.0 Å². The quantitative estimate of drug-likeness (QED) is 0.448. The molecule has 0 aliphatic rings. The molecule has 1 rings (SSSR count). The molecule has 0 radical (unpaired) electrons. The second kappa shape index (κ2) is 12.3. The molecule has 0 fully saturated rings. The predicted octanol–water partition coefficient (Wildman–Crippen LogP) is 1.88. The van der Waals surface area contributed by atoms with Crippen LogP contribution in [0.1, 0.15) is 37.6 Å². The van der Waals surface area contributed by atoms with Gasteiger partial charge in [0.1, 0.15) is 5.75 Å². The van der Waals surface area contributed by atoms with Crippen LogP contribution in [-0.2, 0) is 14.3 Å². The number of aliphatic hydroxyl groups excluding tert-OH is 1. The van der Waals surface area contributed by atoms with Crippen molar-refractivity contribution in [2.24, 2.45) is 0 Å². The Balaban J connectivity index is 2.72. The molecule has 7 nitrogen and oxygen atoms in total. The van der Waals surface area contributed by atoms with Crippen LogP contribution in [-0.4, -0.2) is 67.5 Å². The standard InChI is InChI=1S/C19H29NO6/c1-4-25-18(22)9-10-20(11-13-24-14-12-21)19(23)16-5-7-17(8-6-16)26-15(2)3/h5-8,15,21H,4,9-14H2,1-3H3. The highest BCUT2D eigenvalue weighted by molar-refractivity contribution is 5.94. The van der Waals surface area contributed by atoms with E-state index in [1.807, 2.05) is 13.8 Å². The summed E-state index contributed by atoms with van der Waals surface area (Å²) in [6, 6.07) is 6.90. The normalized spacial score (nSPS) is 10.7. The average Bonchev–Trinajstić information content (AvgIpc) is 2.61. The molecule has 0 aliphatic carbocycles. The number of esters is 1. The molecule has 26 heavy (non-hydrogen) atoms. The fourth-order valence-electron chi connectivity index (χ4n) is 2.25. The number of hydrogen-bond donors (Lipinski definition) is 1. The summed E-state index contributed by atoms with van der Waals surface area (Å²) in [5, 5.41) is 8.76. The maximum absolute atomic E-state index is 12.7. The van der Waals surface area contributed by atoms with Crippen molar-refractivity contribution < 1.29 is 28.9 Å². The van der Waals surface area contributed by atoms with Crippen molar-refractivity contribution in [1.29, 1.82) is 0 Å². The minimum atomic E-state index is -0.345. The van der Waals surface area contributed by atoms with Gasteiger partial charge in [-0.1, -0.05) is 0 Å². The number of ether oxygens (including phenoxy) is 3. The summed E-state index contributed by atoms with van der Waals surface area (Å²) < 4.78 is 15.7. The number of benzene rings is 1. The Kier molecular flexibility index (Phi) is 10.3. The van der Waals surface area contributed by atoms with Gasteiger partial charge in [0, 0.05) is 18.7 Å². The van der Waals surface area contributed by atoms with Crippen molar-refractivity contribution in [2.75, 3.05) is 39.5 Å².